The lowest BCUT2D eigenvalue weighted by atomic mass is 10.1. The Morgan fingerprint density at radius 2 is 1.80 bits per heavy atom. The maximum Gasteiger partial charge on any atom is 0.321 e. The zero-order chi connectivity index (χ0) is 18.0. The SMILES string of the molecule is Cc1cc(Oc2ncccn2)ccc1NC(=O)c1c(C)oc(C)c1C. The molecule has 25 heavy (non-hydrogen) atoms. The van der Waals surface area contributed by atoms with Crippen molar-refractivity contribution in [2.45, 2.75) is 27.7 Å². The van der Waals surface area contributed by atoms with Crippen molar-refractivity contribution in [3.05, 3.63) is 64.9 Å². The maximum absolute atomic E-state index is 12.6. The van der Waals surface area contributed by atoms with E-state index in [2.05, 4.69) is 15.3 Å². The monoisotopic (exact) mass is 337 g/mol. The van der Waals surface area contributed by atoms with Gasteiger partial charge in [0.2, 0.25) is 0 Å². The molecule has 1 aromatic carbocycles. The number of carbonyl (C=O) groups excluding carboxylic acids is 1. The van der Waals surface area contributed by atoms with Crippen LogP contribution in [-0.2, 0) is 0 Å². The van der Waals surface area contributed by atoms with Crippen LogP contribution in [0.3, 0.4) is 0 Å². The number of amides is 1. The molecule has 1 N–H and O–H groups in total. The second-order valence-electron chi connectivity index (χ2n) is 5.78. The summed E-state index contributed by atoms with van der Waals surface area (Å²) in [6.07, 6.45) is 3.22. The Kier molecular flexibility index (Phi) is 4.52. The lowest BCUT2D eigenvalue weighted by Crippen LogP contribution is -2.14. The predicted molar refractivity (Wildman–Crippen MR) is 94.2 cm³/mol. The van der Waals surface area contributed by atoms with Gasteiger partial charge in [0.05, 0.1) is 5.56 Å². The highest BCUT2D eigenvalue weighted by Gasteiger charge is 2.19. The normalized spacial score (nSPS) is 10.6. The number of hydrogen-bond donors (Lipinski definition) is 1. The van der Waals surface area contributed by atoms with Crippen molar-refractivity contribution in [3.8, 4) is 11.8 Å². The van der Waals surface area contributed by atoms with Crippen LogP contribution in [-0.4, -0.2) is 15.9 Å². The van der Waals surface area contributed by atoms with Crippen molar-refractivity contribution in [3.63, 3.8) is 0 Å². The van der Waals surface area contributed by atoms with Gasteiger partial charge in [-0.3, -0.25) is 4.79 Å². The van der Waals surface area contributed by atoms with E-state index in [9.17, 15) is 4.79 Å². The minimum atomic E-state index is -0.185. The summed E-state index contributed by atoms with van der Waals surface area (Å²) in [7, 11) is 0. The number of anilines is 1. The van der Waals surface area contributed by atoms with E-state index in [-0.39, 0.29) is 11.9 Å². The van der Waals surface area contributed by atoms with Crippen molar-refractivity contribution in [2.24, 2.45) is 0 Å². The summed E-state index contributed by atoms with van der Waals surface area (Å²) < 4.78 is 11.1. The second kappa shape index (κ2) is 6.76. The Morgan fingerprint density at radius 3 is 2.40 bits per heavy atom. The van der Waals surface area contributed by atoms with Crippen molar-refractivity contribution >= 4 is 11.6 Å². The van der Waals surface area contributed by atoms with Gasteiger partial charge in [-0.15, -0.1) is 0 Å². The topological polar surface area (TPSA) is 77.3 Å². The molecule has 0 fully saturated rings. The quantitative estimate of drug-likeness (QED) is 0.766. The minimum Gasteiger partial charge on any atom is -0.466 e. The molecule has 1 amide bonds. The van der Waals surface area contributed by atoms with E-state index in [0.717, 1.165) is 16.9 Å². The van der Waals surface area contributed by atoms with Crippen LogP contribution in [0.2, 0.25) is 0 Å². The molecular formula is C19H19N3O3. The number of aromatic nitrogens is 2. The summed E-state index contributed by atoms with van der Waals surface area (Å²) in [6, 6.07) is 7.38. The molecule has 3 aromatic rings. The zero-order valence-electron chi connectivity index (χ0n) is 14.6. The molecule has 0 bridgehead atoms. The third-order valence-electron chi connectivity index (χ3n) is 3.99. The molecule has 0 aliphatic heterocycles. The average Bonchev–Trinajstić information content (AvgIpc) is 2.83. The van der Waals surface area contributed by atoms with Gasteiger partial charge in [0.15, 0.2) is 0 Å². The lowest BCUT2D eigenvalue weighted by Gasteiger charge is -2.10. The molecule has 3 rings (SSSR count). The number of nitrogens with one attached hydrogen (secondary N) is 1. The van der Waals surface area contributed by atoms with E-state index in [1.807, 2.05) is 26.8 Å². The number of aryl methyl sites for hydroxylation is 3. The number of nitrogens with zero attached hydrogens (tertiary/aromatic N) is 2. The first-order chi connectivity index (χ1) is 12.0. The molecule has 0 aliphatic carbocycles. The summed E-state index contributed by atoms with van der Waals surface area (Å²) in [4.78, 5) is 20.6. The van der Waals surface area contributed by atoms with E-state index in [0.29, 0.717) is 22.8 Å². The van der Waals surface area contributed by atoms with Crippen LogP contribution in [0.5, 0.6) is 11.8 Å². The van der Waals surface area contributed by atoms with E-state index in [4.69, 9.17) is 9.15 Å². The molecule has 0 spiro atoms. The first kappa shape index (κ1) is 16.7. The second-order valence-corrected chi connectivity index (χ2v) is 5.78. The smallest absolute Gasteiger partial charge is 0.321 e. The molecular weight excluding hydrogens is 318 g/mol. The number of rotatable bonds is 4. The van der Waals surface area contributed by atoms with Gasteiger partial charge in [-0.05, 0) is 57.5 Å². The first-order valence-electron chi connectivity index (χ1n) is 7.89. The van der Waals surface area contributed by atoms with Crippen LogP contribution >= 0.6 is 0 Å². The largest absolute Gasteiger partial charge is 0.466 e. The van der Waals surface area contributed by atoms with Gasteiger partial charge in [0.25, 0.3) is 5.91 Å². The summed E-state index contributed by atoms with van der Waals surface area (Å²) in [6.45, 7) is 7.42. The Bertz CT molecular complexity index is 917. The Hall–Kier alpha value is -3.15. The summed E-state index contributed by atoms with van der Waals surface area (Å²) in [5.74, 6) is 1.79. The predicted octanol–water partition coefficient (Wildman–Crippen LogP) is 4.35. The third-order valence-corrected chi connectivity index (χ3v) is 3.99. The van der Waals surface area contributed by atoms with E-state index in [1.165, 1.54) is 0 Å². The highest BCUT2D eigenvalue weighted by Crippen LogP contribution is 2.26. The molecule has 0 radical (unpaired) electrons. The first-order valence-corrected chi connectivity index (χ1v) is 7.89. The van der Waals surface area contributed by atoms with Crippen LogP contribution in [0.1, 0.15) is 33.0 Å². The van der Waals surface area contributed by atoms with Crippen molar-refractivity contribution in [1.29, 1.82) is 0 Å². The van der Waals surface area contributed by atoms with Gasteiger partial charge in [0, 0.05) is 23.6 Å². The van der Waals surface area contributed by atoms with Crippen LogP contribution in [0.4, 0.5) is 5.69 Å². The summed E-state index contributed by atoms with van der Waals surface area (Å²) in [5.41, 5.74) is 3.02. The van der Waals surface area contributed by atoms with Crippen LogP contribution in [0.15, 0.2) is 41.1 Å². The number of benzene rings is 1. The van der Waals surface area contributed by atoms with Gasteiger partial charge < -0.3 is 14.5 Å². The average molecular weight is 337 g/mol. The molecule has 0 unspecified atom stereocenters. The molecule has 0 saturated heterocycles. The third kappa shape index (κ3) is 3.52. The van der Waals surface area contributed by atoms with E-state index < -0.39 is 0 Å². The Balaban J connectivity index is 1.78. The minimum absolute atomic E-state index is 0.185. The maximum atomic E-state index is 12.6. The van der Waals surface area contributed by atoms with Gasteiger partial charge in [-0.2, -0.15) is 0 Å². The van der Waals surface area contributed by atoms with Crippen LogP contribution < -0.4 is 10.1 Å². The van der Waals surface area contributed by atoms with Crippen molar-refractivity contribution in [1.82, 2.24) is 9.97 Å². The van der Waals surface area contributed by atoms with Crippen LogP contribution in [0.25, 0.3) is 0 Å². The van der Waals surface area contributed by atoms with Crippen molar-refractivity contribution < 1.29 is 13.9 Å². The Morgan fingerprint density at radius 1 is 1.08 bits per heavy atom. The fourth-order valence-corrected chi connectivity index (χ4v) is 2.60. The number of hydrogen-bond acceptors (Lipinski definition) is 5. The number of carbonyl (C=O) groups is 1. The molecule has 0 atom stereocenters. The van der Waals surface area contributed by atoms with Gasteiger partial charge in [0.1, 0.15) is 17.3 Å². The molecule has 0 aliphatic rings. The van der Waals surface area contributed by atoms with Gasteiger partial charge in [-0.1, -0.05) is 0 Å². The molecule has 6 nitrogen and oxygen atoms in total. The number of furan rings is 1. The zero-order valence-corrected chi connectivity index (χ0v) is 14.6. The highest BCUT2D eigenvalue weighted by molar-refractivity contribution is 6.06. The molecule has 2 aromatic heterocycles. The fourth-order valence-electron chi connectivity index (χ4n) is 2.60. The summed E-state index contributed by atoms with van der Waals surface area (Å²) >= 11 is 0. The standard InChI is InChI=1S/C19H19N3O3/c1-11-10-15(25-19-20-8-5-9-21-19)6-7-16(11)22-18(23)17-12(2)13(3)24-14(17)4/h5-10H,1-4H3,(H,22,23). The van der Waals surface area contributed by atoms with Gasteiger partial charge >= 0.3 is 6.01 Å². The van der Waals surface area contributed by atoms with Crippen molar-refractivity contribution in [2.75, 3.05) is 5.32 Å². The molecule has 128 valence electrons. The fraction of sp³-hybridized carbons (Fsp3) is 0.211. The molecule has 0 saturated carbocycles. The van der Waals surface area contributed by atoms with Crippen LogP contribution in [0, 0.1) is 27.7 Å². The summed E-state index contributed by atoms with van der Waals surface area (Å²) in [5, 5.41) is 2.93. The lowest BCUT2D eigenvalue weighted by molar-refractivity contribution is 0.102. The molecule has 2 heterocycles. The van der Waals surface area contributed by atoms with E-state index in [1.54, 1.807) is 37.5 Å². The van der Waals surface area contributed by atoms with E-state index >= 15 is 0 Å². The number of ether oxygens (including phenoxy) is 1. The molecule has 6 heteroatoms. The Labute approximate surface area is 145 Å². The highest BCUT2D eigenvalue weighted by atomic mass is 16.5. The van der Waals surface area contributed by atoms with Gasteiger partial charge in [-0.25, -0.2) is 9.97 Å².